The van der Waals surface area contributed by atoms with Crippen LogP contribution in [0.5, 0.6) is 0 Å². The molecule has 0 radical (unpaired) electrons. The average Bonchev–Trinajstić information content (AvgIpc) is 3.14. The van der Waals surface area contributed by atoms with Crippen molar-refractivity contribution in [3.05, 3.63) is 179 Å². The Morgan fingerprint density at radius 1 is 0.362 bits per heavy atom. The Bertz CT molecular complexity index is 1550. The smallest absolute Gasteiger partial charge is 0.187 e. The van der Waals surface area contributed by atoms with Gasteiger partial charge in [-0.2, -0.15) is 0 Å². The number of benzene rings is 5. The van der Waals surface area contributed by atoms with Crippen LogP contribution in [-0.4, -0.2) is 37.3 Å². The van der Waals surface area contributed by atoms with Crippen molar-refractivity contribution in [1.82, 2.24) is 0 Å². The first-order valence-corrected chi connectivity index (χ1v) is 16.2. The molecule has 5 aromatic rings. The molecule has 5 atom stereocenters. The fourth-order valence-electron chi connectivity index (χ4n) is 5.63. The highest BCUT2D eigenvalue weighted by molar-refractivity contribution is 5.17. The maximum Gasteiger partial charge on any atom is 0.187 e. The molecule has 6 heteroatoms. The standard InChI is InChI=1S/C41H42O6/c1-6-16-32(17-7-1)26-42-31-37-38(43-27-33-18-8-2-9-19-33)39(44-28-34-20-10-3-11-21-34)40(45-29-35-22-12-4-13-23-35)41(47-37)46-30-36-24-14-5-15-25-36/h1-25,37-41H,26-31H2/t37-,38+,39+,40-,41+/m1/s1. The molecule has 242 valence electrons. The molecule has 0 N–H and O–H groups in total. The lowest BCUT2D eigenvalue weighted by atomic mass is 9.97. The summed E-state index contributed by atoms with van der Waals surface area (Å²) in [6, 6.07) is 50.6. The van der Waals surface area contributed by atoms with Crippen LogP contribution in [0.1, 0.15) is 27.8 Å². The van der Waals surface area contributed by atoms with Crippen LogP contribution in [0, 0.1) is 0 Å². The molecule has 6 rings (SSSR count). The van der Waals surface area contributed by atoms with Crippen molar-refractivity contribution < 1.29 is 28.4 Å². The van der Waals surface area contributed by atoms with Gasteiger partial charge in [-0.15, -0.1) is 0 Å². The van der Waals surface area contributed by atoms with Gasteiger partial charge < -0.3 is 28.4 Å². The van der Waals surface area contributed by atoms with E-state index in [0.717, 1.165) is 27.8 Å². The van der Waals surface area contributed by atoms with Gasteiger partial charge in [0.1, 0.15) is 24.4 Å². The summed E-state index contributed by atoms with van der Waals surface area (Å²) >= 11 is 0. The van der Waals surface area contributed by atoms with E-state index >= 15 is 0 Å². The molecule has 0 amide bonds. The molecule has 1 heterocycles. The van der Waals surface area contributed by atoms with Crippen LogP contribution in [0.4, 0.5) is 0 Å². The lowest BCUT2D eigenvalue weighted by molar-refractivity contribution is -0.330. The van der Waals surface area contributed by atoms with Gasteiger partial charge in [0, 0.05) is 0 Å². The molecule has 0 spiro atoms. The Balaban J connectivity index is 1.29. The second-order valence-corrected chi connectivity index (χ2v) is 11.6. The van der Waals surface area contributed by atoms with Gasteiger partial charge in [0.15, 0.2) is 6.29 Å². The zero-order chi connectivity index (χ0) is 31.9. The summed E-state index contributed by atoms with van der Waals surface area (Å²) < 4.78 is 39.7. The van der Waals surface area contributed by atoms with Crippen LogP contribution >= 0.6 is 0 Å². The highest BCUT2D eigenvalue weighted by Gasteiger charge is 2.49. The van der Waals surface area contributed by atoms with Crippen molar-refractivity contribution in [2.75, 3.05) is 6.61 Å². The second-order valence-electron chi connectivity index (χ2n) is 11.6. The molecular formula is C41H42O6. The van der Waals surface area contributed by atoms with Gasteiger partial charge in [-0.25, -0.2) is 0 Å². The molecule has 1 aliphatic heterocycles. The average molecular weight is 631 g/mol. The summed E-state index contributed by atoms with van der Waals surface area (Å²) in [4.78, 5) is 0. The third-order valence-corrected chi connectivity index (χ3v) is 8.10. The first-order valence-electron chi connectivity index (χ1n) is 16.2. The molecule has 0 unspecified atom stereocenters. The summed E-state index contributed by atoms with van der Waals surface area (Å²) in [5.74, 6) is 0. The molecular weight excluding hydrogens is 588 g/mol. The molecule has 1 fully saturated rings. The lowest BCUT2D eigenvalue weighted by Gasteiger charge is -2.46. The fraction of sp³-hybridized carbons (Fsp3) is 0.268. The van der Waals surface area contributed by atoms with E-state index in [-0.39, 0.29) is 6.61 Å². The normalized spacial score (nSPS) is 21.0. The Labute approximate surface area is 277 Å². The Hall–Kier alpha value is -4.14. The van der Waals surface area contributed by atoms with E-state index in [0.29, 0.717) is 33.0 Å². The van der Waals surface area contributed by atoms with Gasteiger partial charge >= 0.3 is 0 Å². The van der Waals surface area contributed by atoms with Crippen molar-refractivity contribution >= 4 is 0 Å². The first kappa shape index (κ1) is 32.8. The highest BCUT2D eigenvalue weighted by atomic mass is 16.7. The fourth-order valence-corrected chi connectivity index (χ4v) is 5.63. The van der Waals surface area contributed by atoms with E-state index in [9.17, 15) is 0 Å². The van der Waals surface area contributed by atoms with Gasteiger partial charge in [0.05, 0.1) is 39.6 Å². The van der Waals surface area contributed by atoms with Crippen LogP contribution < -0.4 is 0 Å². The molecule has 1 saturated heterocycles. The molecule has 0 aliphatic carbocycles. The predicted octanol–water partition coefficient (Wildman–Crippen LogP) is 7.90. The maximum absolute atomic E-state index is 6.78. The summed E-state index contributed by atoms with van der Waals surface area (Å²) in [6.07, 6.45) is -2.84. The Kier molecular flexibility index (Phi) is 12.3. The van der Waals surface area contributed by atoms with Gasteiger partial charge in [-0.3, -0.25) is 0 Å². The Morgan fingerprint density at radius 3 is 1.13 bits per heavy atom. The number of rotatable bonds is 16. The summed E-state index contributed by atoms with van der Waals surface area (Å²) in [5.41, 5.74) is 5.29. The largest absolute Gasteiger partial charge is 0.374 e. The van der Waals surface area contributed by atoms with Gasteiger partial charge in [-0.1, -0.05) is 152 Å². The van der Waals surface area contributed by atoms with Crippen molar-refractivity contribution in [2.24, 2.45) is 0 Å². The minimum atomic E-state index is -0.735. The number of ether oxygens (including phenoxy) is 6. The SMILES string of the molecule is c1ccc(COC[C@H]2O[C@H](OCc3ccccc3)[C@H](OCc3ccccc3)[C@@H](OCc3ccccc3)[C@H]2OCc2ccccc2)cc1. The topological polar surface area (TPSA) is 55.4 Å². The maximum atomic E-state index is 6.78. The van der Waals surface area contributed by atoms with Gasteiger partial charge in [-0.05, 0) is 27.8 Å². The Morgan fingerprint density at radius 2 is 0.702 bits per heavy atom. The van der Waals surface area contributed by atoms with E-state index in [1.165, 1.54) is 0 Å². The van der Waals surface area contributed by atoms with Crippen LogP contribution in [0.25, 0.3) is 0 Å². The van der Waals surface area contributed by atoms with Crippen LogP contribution in [0.2, 0.25) is 0 Å². The number of hydrogen-bond acceptors (Lipinski definition) is 6. The van der Waals surface area contributed by atoms with Crippen molar-refractivity contribution in [1.29, 1.82) is 0 Å². The summed E-state index contributed by atoms with van der Waals surface area (Å²) in [6.45, 7) is 2.23. The minimum Gasteiger partial charge on any atom is -0.374 e. The molecule has 0 saturated carbocycles. The molecule has 5 aromatic carbocycles. The third-order valence-electron chi connectivity index (χ3n) is 8.10. The van der Waals surface area contributed by atoms with E-state index in [1.54, 1.807) is 0 Å². The van der Waals surface area contributed by atoms with Gasteiger partial charge in [0.2, 0.25) is 0 Å². The molecule has 0 bridgehead atoms. The molecule has 1 aliphatic rings. The lowest BCUT2D eigenvalue weighted by Crippen LogP contribution is -2.61. The van der Waals surface area contributed by atoms with E-state index in [1.807, 2.05) is 115 Å². The van der Waals surface area contributed by atoms with Crippen molar-refractivity contribution in [3.63, 3.8) is 0 Å². The van der Waals surface area contributed by atoms with Crippen LogP contribution in [0.15, 0.2) is 152 Å². The first-order chi connectivity index (χ1) is 23.3. The molecule has 6 nitrogen and oxygen atoms in total. The van der Waals surface area contributed by atoms with E-state index in [4.69, 9.17) is 28.4 Å². The van der Waals surface area contributed by atoms with E-state index < -0.39 is 30.7 Å². The molecule has 47 heavy (non-hydrogen) atoms. The predicted molar refractivity (Wildman–Crippen MR) is 181 cm³/mol. The van der Waals surface area contributed by atoms with E-state index in [2.05, 4.69) is 36.4 Å². The van der Waals surface area contributed by atoms with Crippen molar-refractivity contribution in [2.45, 2.75) is 63.7 Å². The number of hydrogen-bond donors (Lipinski definition) is 0. The van der Waals surface area contributed by atoms with Crippen LogP contribution in [-0.2, 0) is 61.5 Å². The van der Waals surface area contributed by atoms with Gasteiger partial charge in [0.25, 0.3) is 0 Å². The summed E-state index contributed by atoms with van der Waals surface area (Å²) in [5, 5.41) is 0. The third kappa shape index (κ3) is 9.92. The zero-order valence-corrected chi connectivity index (χ0v) is 26.5. The van der Waals surface area contributed by atoms with Crippen LogP contribution in [0.3, 0.4) is 0 Å². The summed E-state index contributed by atoms with van der Waals surface area (Å²) in [7, 11) is 0. The molecule has 0 aromatic heterocycles. The van der Waals surface area contributed by atoms with Crippen molar-refractivity contribution in [3.8, 4) is 0 Å². The minimum absolute atomic E-state index is 0.288. The highest BCUT2D eigenvalue weighted by Crippen LogP contribution is 2.32. The monoisotopic (exact) mass is 630 g/mol. The second kappa shape index (κ2) is 17.7. The zero-order valence-electron chi connectivity index (χ0n) is 26.5. The quantitative estimate of drug-likeness (QED) is 0.111.